The quantitative estimate of drug-likeness (QED) is 0.827. The molecule has 0 saturated carbocycles. The number of amides is 1. The van der Waals surface area contributed by atoms with Crippen molar-refractivity contribution in [3.8, 4) is 12.3 Å². The predicted molar refractivity (Wildman–Crippen MR) is 71.9 cm³/mol. The molecule has 16 heavy (non-hydrogen) atoms. The van der Waals surface area contributed by atoms with E-state index in [-0.39, 0.29) is 12.3 Å². The molecule has 5 heteroatoms. The van der Waals surface area contributed by atoms with E-state index in [9.17, 15) is 4.79 Å². The second-order valence-electron chi connectivity index (χ2n) is 3.13. The van der Waals surface area contributed by atoms with Gasteiger partial charge in [0.25, 0.3) is 0 Å². The maximum absolute atomic E-state index is 11.6. The van der Waals surface area contributed by atoms with E-state index in [2.05, 4.69) is 43.1 Å². The van der Waals surface area contributed by atoms with Gasteiger partial charge in [0.15, 0.2) is 0 Å². The van der Waals surface area contributed by atoms with Gasteiger partial charge in [-0.05, 0) is 34.1 Å². The highest BCUT2D eigenvalue weighted by Gasteiger charge is 2.13. The monoisotopic (exact) mass is 344 g/mol. The minimum absolute atomic E-state index is 0.220. The summed E-state index contributed by atoms with van der Waals surface area (Å²) >= 11 is 6.65. The number of hydrogen-bond acceptors (Lipinski definition) is 2. The second kappa shape index (κ2) is 6.04. The van der Waals surface area contributed by atoms with Crippen molar-refractivity contribution in [1.29, 1.82) is 0 Å². The van der Waals surface area contributed by atoms with Crippen molar-refractivity contribution in [3.63, 3.8) is 0 Å². The molecule has 3 nitrogen and oxygen atoms in total. The zero-order valence-electron chi connectivity index (χ0n) is 8.34. The average molecular weight is 346 g/mol. The lowest BCUT2D eigenvalue weighted by molar-refractivity contribution is -0.117. The predicted octanol–water partition coefficient (Wildman–Crippen LogP) is 2.50. The minimum atomic E-state index is -0.684. The number of benzene rings is 1. The summed E-state index contributed by atoms with van der Waals surface area (Å²) in [6.45, 7) is 0. The Balaban J connectivity index is 2.77. The summed E-state index contributed by atoms with van der Waals surface area (Å²) in [5.74, 6) is 2.06. The van der Waals surface area contributed by atoms with Crippen LogP contribution in [-0.2, 0) is 4.79 Å². The van der Waals surface area contributed by atoms with Crippen LogP contribution in [0.1, 0.15) is 6.42 Å². The number of carbonyl (C=O) groups is 1. The van der Waals surface area contributed by atoms with Crippen LogP contribution in [0.3, 0.4) is 0 Å². The fourth-order valence-electron chi connectivity index (χ4n) is 1.04. The van der Waals surface area contributed by atoms with Crippen molar-refractivity contribution in [2.75, 3.05) is 5.32 Å². The van der Waals surface area contributed by atoms with Crippen LogP contribution < -0.4 is 11.1 Å². The lowest BCUT2D eigenvalue weighted by Crippen LogP contribution is -2.35. The van der Waals surface area contributed by atoms with Crippen LogP contribution in [-0.4, -0.2) is 11.9 Å². The summed E-state index contributed by atoms with van der Waals surface area (Å²) in [5.41, 5.74) is 6.24. The Kier molecular flexibility index (Phi) is 5.00. The molecule has 1 atom stereocenters. The molecule has 0 aliphatic heterocycles. The van der Waals surface area contributed by atoms with E-state index < -0.39 is 6.04 Å². The molecule has 84 valence electrons. The molecule has 0 fully saturated rings. The number of terminal acetylenes is 1. The van der Waals surface area contributed by atoms with Gasteiger partial charge in [-0.3, -0.25) is 4.79 Å². The molecule has 3 N–H and O–H groups in total. The number of nitrogens with two attached hydrogens (primary N) is 1. The first kappa shape index (κ1) is 13.2. The van der Waals surface area contributed by atoms with Gasteiger partial charge in [0.1, 0.15) is 0 Å². The SMILES string of the molecule is C#CCC(N)C(=O)Nc1cc(Br)ccc1Br. The summed E-state index contributed by atoms with van der Waals surface area (Å²) < 4.78 is 1.66. The van der Waals surface area contributed by atoms with Gasteiger partial charge in [0.05, 0.1) is 11.7 Å². The van der Waals surface area contributed by atoms with Crippen LogP contribution in [0.25, 0.3) is 0 Å². The van der Waals surface area contributed by atoms with Gasteiger partial charge in [-0.2, -0.15) is 0 Å². The first-order valence-corrected chi connectivity index (χ1v) is 6.08. The van der Waals surface area contributed by atoms with Crippen LogP contribution in [0.2, 0.25) is 0 Å². The van der Waals surface area contributed by atoms with E-state index in [0.29, 0.717) is 5.69 Å². The smallest absolute Gasteiger partial charge is 0.242 e. The molecule has 0 aliphatic rings. The van der Waals surface area contributed by atoms with Gasteiger partial charge in [-0.15, -0.1) is 12.3 Å². The highest BCUT2D eigenvalue weighted by molar-refractivity contribution is 9.11. The van der Waals surface area contributed by atoms with Crippen molar-refractivity contribution in [2.45, 2.75) is 12.5 Å². The third-order valence-electron chi connectivity index (χ3n) is 1.86. The molecule has 0 aliphatic carbocycles. The number of carbonyl (C=O) groups excluding carboxylic acids is 1. The maximum atomic E-state index is 11.6. The third-order valence-corrected chi connectivity index (χ3v) is 3.05. The number of halogens is 2. The van der Waals surface area contributed by atoms with Gasteiger partial charge >= 0.3 is 0 Å². The van der Waals surface area contributed by atoms with Crippen LogP contribution in [0.5, 0.6) is 0 Å². The van der Waals surface area contributed by atoms with E-state index in [1.165, 1.54) is 0 Å². The van der Waals surface area contributed by atoms with Gasteiger partial charge in [0.2, 0.25) is 5.91 Å². The van der Waals surface area contributed by atoms with Gasteiger partial charge < -0.3 is 11.1 Å². The summed E-state index contributed by atoms with van der Waals surface area (Å²) in [7, 11) is 0. The van der Waals surface area contributed by atoms with Crippen molar-refractivity contribution >= 4 is 43.5 Å². The molecular formula is C11H10Br2N2O. The lowest BCUT2D eigenvalue weighted by atomic mass is 10.2. The molecule has 1 amide bonds. The number of anilines is 1. The van der Waals surface area contributed by atoms with Gasteiger partial charge in [-0.25, -0.2) is 0 Å². The molecule has 0 saturated heterocycles. The summed E-state index contributed by atoms with van der Waals surface area (Å²) in [6, 6.07) is 4.79. The first-order chi connectivity index (χ1) is 7.54. The number of nitrogens with one attached hydrogen (secondary N) is 1. The number of rotatable bonds is 3. The molecule has 1 aromatic rings. The molecule has 0 radical (unpaired) electrons. The Morgan fingerprint density at radius 1 is 1.56 bits per heavy atom. The Labute approximate surface area is 111 Å². The van der Waals surface area contributed by atoms with E-state index in [4.69, 9.17) is 12.2 Å². The first-order valence-electron chi connectivity index (χ1n) is 4.49. The number of hydrogen-bond donors (Lipinski definition) is 2. The molecule has 1 unspecified atom stereocenters. The minimum Gasteiger partial charge on any atom is -0.324 e. The molecular weight excluding hydrogens is 336 g/mol. The van der Waals surface area contributed by atoms with Gasteiger partial charge in [-0.1, -0.05) is 15.9 Å². The Bertz CT molecular complexity index is 440. The van der Waals surface area contributed by atoms with E-state index in [0.717, 1.165) is 8.95 Å². The van der Waals surface area contributed by atoms with E-state index >= 15 is 0 Å². The normalized spacial score (nSPS) is 11.6. The molecule has 0 aromatic heterocycles. The third kappa shape index (κ3) is 3.63. The highest BCUT2D eigenvalue weighted by Crippen LogP contribution is 2.26. The van der Waals surface area contributed by atoms with E-state index in [1.54, 1.807) is 6.07 Å². The van der Waals surface area contributed by atoms with Crippen molar-refractivity contribution in [1.82, 2.24) is 0 Å². The Hall–Kier alpha value is -0.830. The van der Waals surface area contributed by atoms with Crippen molar-refractivity contribution in [2.24, 2.45) is 5.73 Å². The zero-order valence-corrected chi connectivity index (χ0v) is 11.5. The average Bonchev–Trinajstić information content (AvgIpc) is 2.23. The molecule has 0 spiro atoms. The Morgan fingerprint density at radius 2 is 2.25 bits per heavy atom. The summed E-state index contributed by atoms with van der Waals surface area (Å²) in [6.07, 6.45) is 5.31. The zero-order chi connectivity index (χ0) is 12.1. The fraction of sp³-hybridized carbons (Fsp3) is 0.182. The standard InChI is InChI=1S/C11H10Br2N2O/c1-2-3-9(14)11(16)15-10-6-7(12)4-5-8(10)13/h1,4-6,9H,3,14H2,(H,15,16). The highest BCUT2D eigenvalue weighted by atomic mass is 79.9. The fourth-order valence-corrected chi connectivity index (χ4v) is 1.75. The molecule has 0 heterocycles. The van der Waals surface area contributed by atoms with Crippen molar-refractivity contribution < 1.29 is 4.79 Å². The molecule has 0 bridgehead atoms. The second-order valence-corrected chi connectivity index (χ2v) is 4.90. The molecule has 1 rings (SSSR count). The van der Waals surface area contributed by atoms with Crippen LogP contribution in [0.15, 0.2) is 27.1 Å². The Morgan fingerprint density at radius 3 is 2.88 bits per heavy atom. The summed E-state index contributed by atoms with van der Waals surface area (Å²) in [4.78, 5) is 11.6. The van der Waals surface area contributed by atoms with Crippen molar-refractivity contribution in [3.05, 3.63) is 27.1 Å². The van der Waals surface area contributed by atoms with Gasteiger partial charge in [0, 0.05) is 15.4 Å². The maximum Gasteiger partial charge on any atom is 0.242 e. The topological polar surface area (TPSA) is 55.1 Å². The lowest BCUT2D eigenvalue weighted by Gasteiger charge is -2.11. The molecule has 1 aromatic carbocycles. The van der Waals surface area contributed by atoms with Crippen LogP contribution in [0.4, 0.5) is 5.69 Å². The van der Waals surface area contributed by atoms with Crippen LogP contribution in [0, 0.1) is 12.3 Å². The largest absolute Gasteiger partial charge is 0.324 e. The summed E-state index contributed by atoms with van der Waals surface area (Å²) in [5, 5.41) is 2.70. The van der Waals surface area contributed by atoms with Crippen LogP contribution >= 0.6 is 31.9 Å². The van der Waals surface area contributed by atoms with E-state index in [1.807, 2.05) is 12.1 Å².